The van der Waals surface area contributed by atoms with Crippen molar-refractivity contribution >= 4 is 10.9 Å². The van der Waals surface area contributed by atoms with E-state index in [2.05, 4.69) is 4.98 Å². The van der Waals surface area contributed by atoms with Crippen molar-refractivity contribution in [3.05, 3.63) is 82.1 Å². The zero-order chi connectivity index (χ0) is 13.2. The third-order valence-corrected chi connectivity index (χ3v) is 3.23. The maximum absolute atomic E-state index is 12.4. The molecule has 3 rings (SSSR count). The Hall–Kier alpha value is -2.39. The Labute approximate surface area is 110 Å². The number of benzene rings is 2. The topological polar surface area (TPSA) is 53.1 Å². The molecule has 1 aromatic heterocycles. The van der Waals surface area contributed by atoms with Crippen molar-refractivity contribution in [3.63, 3.8) is 0 Å². The molecule has 0 saturated heterocycles. The van der Waals surface area contributed by atoms with E-state index in [1.807, 2.05) is 36.4 Å². The molecule has 2 aromatic carbocycles. The summed E-state index contributed by atoms with van der Waals surface area (Å²) >= 11 is 0. The first-order valence-electron chi connectivity index (χ1n) is 6.11. The summed E-state index contributed by atoms with van der Waals surface area (Å²) in [6.45, 7) is 0. The van der Waals surface area contributed by atoms with Crippen LogP contribution in [0.3, 0.4) is 0 Å². The monoisotopic (exact) mass is 251 g/mol. The van der Waals surface area contributed by atoms with Crippen LogP contribution in [0.1, 0.15) is 17.2 Å². The highest BCUT2D eigenvalue weighted by atomic mass is 16.3. The SMILES string of the molecule is O=c1c(C(O)c2ccccc2)c[nH]c2ccccc12. The molecule has 0 bridgehead atoms. The molecule has 1 unspecified atom stereocenters. The van der Waals surface area contributed by atoms with E-state index >= 15 is 0 Å². The van der Waals surface area contributed by atoms with Gasteiger partial charge in [0.05, 0.1) is 0 Å². The number of aliphatic hydroxyl groups excluding tert-OH is 1. The Balaban J connectivity index is 2.16. The average Bonchev–Trinajstić information content (AvgIpc) is 2.48. The Morgan fingerprint density at radius 1 is 0.947 bits per heavy atom. The fourth-order valence-electron chi connectivity index (χ4n) is 2.20. The summed E-state index contributed by atoms with van der Waals surface area (Å²) < 4.78 is 0. The maximum atomic E-state index is 12.4. The number of aromatic nitrogens is 1. The first kappa shape index (κ1) is 11.7. The quantitative estimate of drug-likeness (QED) is 0.735. The van der Waals surface area contributed by atoms with E-state index in [0.29, 0.717) is 16.5 Å². The van der Waals surface area contributed by atoms with Crippen LogP contribution in [0.4, 0.5) is 0 Å². The second kappa shape index (κ2) is 4.71. The lowest BCUT2D eigenvalue weighted by Crippen LogP contribution is -2.15. The van der Waals surface area contributed by atoms with Gasteiger partial charge < -0.3 is 10.1 Å². The number of nitrogens with one attached hydrogen (secondary N) is 1. The largest absolute Gasteiger partial charge is 0.383 e. The van der Waals surface area contributed by atoms with Gasteiger partial charge in [-0.3, -0.25) is 4.79 Å². The molecule has 0 radical (unpaired) electrons. The highest BCUT2D eigenvalue weighted by Gasteiger charge is 2.15. The summed E-state index contributed by atoms with van der Waals surface area (Å²) in [5.41, 5.74) is 1.72. The van der Waals surface area contributed by atoms with Gasteiger partial charge in [-0.1, -0.05) is 42.5 Å². The Morgan fingerprint density at radius 2 is 1.63 bits per heavy atom. The van der Waals surface area contributed by atoms with Gasteiger partial charge in [0.1, 0.15) is 6.10 Å². The predicted octanol–water partition coefficient (Wildman–Crippen LogP) is 2.61. The van der Waals surface area contributed by atoms with Gasteiger partial charge in [-0.15, -0.1) is 0 Å². The lowest BCUT2D eigenvalue weighted by Gasteiger charge is -2.11. The Morgan fingerprint density at radius 3 is 2.42 bits per heavy atom. The molecule has 0 saturated carbocycles. The fourth-order valence-corrected chi connectivity index (χ4v) is 2.20. The van der Waals surface area contributed by atoms with Gasteiger partial charge in [0, 0.05) is 22.7 Å². The van der Waals surface area contributed by atoms with Crippen molar-refractivity contribution in [2.45, 2.75) is 6.10 Å². The molecule has 1 atom stereocenters. The number of H-pyrrole nitrogens is 1. The summed E-state index contributed by atoms with van der Waals surface area (Å²) in [6.07, 6.45) is 0.678. The second-order valence-electron chi connectivity index (χ2n) is 4.43. The zero-order valence-electron chi connectivity index (χ0n) is 10.2. The van der Waals surface area contributed by atoms with Crippen molar-refractivity contribution in [2.24, 2.45) is 0 Å². The predicted molar refractivity (Wildman–Crippen MR) is 75.1 cm³/mol. The van der Waals surface area contributed by atoms with E-state index in [4.69, 9.17) is 0 Å². The minimum atomic E-state index is -0.908. The second-order valence-corrected chi connectivity index (χ2v) is 4.43. The van der Waals surface area contributed by atoms with Crippen LogP contribution in [0.2, 0.25) is 0 Å². The highest BCUT2D eigenvalue weighted by Crippen LogP contribution is 2.19. The van der Waals surface area contributed by atoms with Gasteiger partial charge in [-0.25, -0.2) is 0 Å². The number of rotatable bonds is 2. The van der Waals surface area contributed by atoms with Gasteiger partial charge >= 0.3 is 0 Å². The van der Waals surface area contributed by atoms with Crippen molar-refractivity contribution < 1.29 is 5.11 Å². The molecule has 0 fully saturated rings. The normalized spacial score (nSPS) is 12.5. The molecule has 19 heavy (non-hydrogen) atoms. The molecule has 3 aromatic rings. The summed E-state index contributed by atoms with van der Waals surface area (Å²) in [6, 6.07) is 16.5. The number of fused-ring (bicyclic) bond motifs is 1. The van der Waals surface area contributed by atoms with Gasteiger partial charge in [0.2, 0.25) is 0 Å². The number of para-hydroxylation sites is 1. The number of aromatic amines is 1. The van der Waals surface area contributed by atoms with Gasteiger partial charge in [-0.05, 0) is 17.7 Å². The molecule has 0 aliphatic heterocycles. The number of aliphatic hydroxyl groups is 1. The number of pyridine rings is 1. The molecule has 0 aliphatic rings. The molecule has 1 heterocycles. The van der Waals surface area contributed by atoms with Crippen LogP contribution in [0.15, 0.2) is 65.6 Å². The van der Waals surface area contributed by atoms with E-state index in [1.165, 1.54) is 0 Å². The highest BCUT2D eigenvalue weighted by molar-refractivity contribution is 5.78. The smallest absolute Gasteiger partial charge is 0.195 e. The molecular weight excluding hydrogens is 238 g/mol. The molecule has 0 amide bonds. The third kappa shape index (κ3) is 2.04. The van der Waals surface area contributed by atoms with Gasteiger partial charge in [-0.2, -0.15) is 0 Å². The lowest BCUT2D eigenvalue weighted by molar-refractivity contribution is 0.219. The number of hydrogen-bond donors (Lipinski definition) is 2. The summed E-state index contributed by atoms with van der Waals surface area (Å²) in [5.74, 6) is 0. The van der Waals surface area contributed by atoms with Crippen molar-refractivity contribution in [1.82, 2.24) is 4.98 Å². The summed E-state index contributed by atoms with van der Waals surface area (Å²) in [4.78, 5) is 15.4. The van der Waals surface area contributed by atoms with E-state index in [9.17, 15) is 9.90 Å². The van der Waals surface area contributed by atoms with E-state index in [-0.39, 0.29) is 5.43 Å². The van der Waals surface area contributed by atoms with Crippen LogP contribution < -0.4 is 5.43 Å². The first-order chi connectivity index (χ1) is 9.27. The minimum absolute atomic E-state index is 0.134. The zero-order valence-corrected chi connectivity index (χ0v) is 10.2. The molecule has 3 heteroatoms. The fraction of sp³-hybridized carbons (Fsp3) is 0.0625. The summed E-state index contributed by atoms with van der Waals surface area (Å²) in [5, 5.41) is 10.9. The molecule has 0 spiro atoms. The maximum Gasteiger partial charge on any atom is 0.195 e. The Kier molecular flexibility index (Phi) is 2.89. The first-order valence-corrected chi connectivity index (χ1v) is 6.11. The average molecular weight is 251 g/mol. The standard InChI is InChI=1S/C16H13NO2/c18-15(11-6-2-1-3-7-11)13-10-17-14-9-5-4-8-12(14)16(13)19/h1-10,15,18H,(H,17,19). The number of hydrogen-bond acceptors (Lipinski definition) is 2. The van der Waals surface area contributed by atoms with Gasteiger partial charge in [0.25, 0.3) is 0 Å². The molecular formula is C16H13NO2. The van der Waals surface area contributed by atoms with Crippen LogP contribution in [0.5, 0.6) is 0 Å². The van der Waals surface area contributed by atoms with E-state index in [0.717, 1.165) is 5.52 Å². The van der Waals surface area contributed by atoms with Crippen LogP contribution in [-0.2, 0) is 0 Å². The minimum Gasteiger partial charge on any atom is -0.383 e. The molecule has 94 valence electrons. The Bertz CT molecular complexity index is 762. The van der Waals surface area contributed by atoms with Crippen LogP contribution in [0.25, 0.3) is 10.9 Å². The van der Waals surface area contributed by atoms with Crippen molar-refractivity contribution in [1.29, 1.82) is 0 Å². The lowest BCUT2D eigenvalue weighted by atomic mass is 10.0. The summed E-state index contributed by atoms with van der Waals surface area (Å²) in [7, 11) is 0. The van der Waals surface area contributed by atoms with Crippen LogP contribution in [-0.4, -0.2) is 10.1 Å². The molecule has 2 N–H and O–H groups in total. The van der Waals surface area contributed by atoms with Crippen LogP contribution in [0, 0.1) is 0 Å². The van der Waals surface area contributed by atoms with Crippen LogP contribution >= 0.6 is 0 Å². The van der Waals surface area contributed by atoms with Crippen molar-refractivity contribution in [3.8, 4) is 0 Å². The molecule has 3 nitrogen and oxygen atoms in total. The van der Waals surface area contributed by atoms with E-state index < -0.39 is 6.10 Å². The third-order valence-electron chi connectivity index (χ3n) is 3.23. The van der Waals surface area contributed by atoms with Crippen molar-refractivity contribution in [2.75, 3.05) is 0 Å². The van der Waals surface area contributed by atoms with E-state index in [1.54, 1.807) is 24.4 Å². The van der Waals surface area contributed by atoms with Gasteiger partial charge in [0.15, 0.2) is 5.43 Å². The molecule has 0 aliphatic carbocycles.